The number of alkyl halides is 1. The SMILES string of the molecule is CCC(Cl)c1cn(-c2c(F)c(F)c(F)c(F)c2F)nn1. The van der Waals surface area contributed by atoms with Crippen LogP contribution in [0.25, 0.3) is 5.69 Å². The molecular formula is C11H7ClF5N3. The van der Waals surface area contributed by atoms with Crippen LogP contribution in [0.15, 0.2) is 6.20 Å². The van der Waals surface area contributed by atoms with Crippen LogP contribution in [0.4, 0.5) is 22.0 Å². The number of nitrogens with zero attached hydrogens (tertiary/aromatic N) is 3. The fourth-order valence-corrected chi connectivity index (χ4v) is 1.63. The third kappa shape index (κ3) is 2.24. The van der Waals surface area contributed by atoms with Crippen LogP contribution in [0.2, 0.25) is 0 Å². The third-order valence-corrected chi connectivity index (χ3v) is 3.14. The van der Waals surface area contributed by atoms with Crippen molar-refractivity contribution in [2.45, 2.75) is 18.7 Å². The second kappa shape index (κ2) is 5.35. The highest BCUT2D eigenvalue weighted by Crippen LogP contribution is 2.27. The van der Waals surface area contributed by atoms with Crippen molar-refractivity contribution in [3.63, 3.8) is 0 Å². The van der Waals surface area contributed by atoms with Gasteiger partial charge in [0.1, 0.15) is 11.4 Å². The summed E-state index contributed by atoms with van der Waals surface area (Å²) in [6, 6.07) is 0. The average Bonchev–Trinajstić information content (AvgIpc) is 2.92. The minimum absolute atomic E-state index is 0.165. The van der Waals surface area contributed by atoms with Gasteiger partial charge in [-0.25, -0.2) is 26.6 Å². The summed E-state index contributed by atoms with van der Waals surface area (Å²) in [5.74, 6) is -10.3. The number of benzene rings is 1. The third-order valence-electron chi connectivity index (χ3n) is 2.61. The van der Waals surface area contributed by atoms with Gasteiger partial charge >= 0.3 is 0 Å². The smallest absolute Gasteiger partial charge is 0.200 e. The van der Waals surface area contributed by atoms with E-state index in [2.05, 4.69) is 10.3 Å². The summed E-state index contributed by atoms with van der Waals surface area (Å²) >= 11 is 5.85. The number of halogens is 6. The molecule has 0 amide bonds. The van der Waals surface area contributed by atoms with Crippen molar-refractivity contribution >= 4 is 11.6 Å². The van der Waals surface area contributed by atoms with E-state index in [1.54, 1.807) is 6.92 Å². The second-order valence-electron chi connectivity index (χ2n) is 3.88. The Bertz CT molecular complexity index is 629. The summed E-state index contributed by atoms with van der Waals surface area (Å²) in [4.78, 5) is 0. The zero-order valence-corrected chi connectivity index (χ0v) is 10.7. The second-order valence-corrected chi connectivity index (χ2v) is 4.41. The van der Waals surface area contributed by atoms with Crippen molar-refractivity contribution < 1.29 is 22.0 Å². The maximum absolute atomic E-state index is 13.5. The molecule has 0 bridgehead atoms. The van der Waals surface area contributed by atoms with E-state index in [1.807, 2.05) is 0 Å². The summed E-state index contributed by atoms with van der Waals surface area (Å²) < 4.78 is 66.6. The van der Waals surface area contributed by atoms with Crippen molar-refractivity contribution in [3.05, 3.63) is 41.0 Å². The summed E-state index contributed by atoms with van der Waals surface area (Å²) in [7, 11) is 0. The lowest BCUT2D eigenvalue weighted by atomic mass is 10.2. The molecule has 1 aromatic heterocycles. The Morgan fingerprint density at radius 2 is 1.55 bits per heavy atom. The molecule has 0 spiro atoms. The Kier molecular flexibility index (Phi) is 3.94. The Balaban J connectivity index is 2.61. The molecule has 20 heavy (non-hydrogen) atoms. The van der Waals surface area contributed by atoms with Gasteiger partial charge in [0.25, 0.3) is 0 Å². The monoisotopic (exact) mass is 311 g/mol. The molecule has 1 atom stereocenters. The molecule has 0 aliphatic carbocycles. The van der Waals surface area contributed by atoms with Gasteiger partial charge in [-0.3, -0.25) is 0 Å². The van der Waals surface area contributed by atoms with Gasteiger partial charge in [0.2, 0.25) is 5.82 Å². The topological polar surface area (TPSA) is 30.7 Å². The van der Waals surface area contributed by atoms with E-state index in [-0.39, 0.29) is 5.69 Å². The van der Waals surface area contributed by atoms with Crippen LogP contribution in [-0.4, -0.2) is 15.0 Å². The van der Waals surface area contributed by atoms with Gasteiger partial charge < -0.3 is 0 Å². The van der Waals surface area contributed by atoms with Crippen LogP contribution in [0, 0.1) is 29.1 Å². The lowest BCUT2D eigenvalue weighted by Gasteiger charge is -2.07. The maximum atomic E-state index is 13.5. The molecule has 9 heteroatoms. The van der Waals surface area contributed by atoms with Crippen LogP contribution in [0.5, 0.6) is 0 Å². The first-order valence-electron chi connectivity index (χ1n) is 5.46. The molecule has 0 saturated heterocycles. The predicted molar refractivity (Wildman–Crippen MR) is 60.0 cm³/mol. The van der Waals surface area contributed by atoms with Gasteiger partial charge in [-0.1, -0.05) is 12.1 Å². The van der Waals surface area contributed by atoms with Crippen LogP contribution < -0.4 is 0 Å². The molecule has 0 saturated carbocycles. The largest absolute Gasteiger partial charge is 0.214 e. The number of hydrogen-bond donors (Lipinski definition) is 0. The molecule has 108 valence electrons. The van der Waals surface area contributed by atoms with Crippen molar-refractivity contribution in [1.82, 2.24) is 15.0 Å². The first-order chi connectivity index (χ1) is 9.38. The van der Waals surface area contributed by atoms with Gasteiger partial charge in [0.05, 0.1) is 11.6 Å². The molecule has 0 fully saturated rings. The summed E-state index contributed by atoms with van der Waals surface area (Å²) in [5, 5.41) is 6.29. The summed E-state index contributed by atoms with van der Waals surface area (Å²) in [6.45, 7) is 1.73. The maximum Gasteiger partial charge on any atom is 0.200 e. The number of rotatable bonds is 3. The highest BCUT2D eigenvalue weighted by atomic mass is 35.5. The van der Waals surface area contributed by atoms with E-state index in [4.69, 9.17) is 11.6 Å². The Labute approximate surface area is 115 Å². The molecular weight excluding hydrogens is 305 g/mol. The van der Waals surface area contributed by atoms with E-state index in [1.165, 1.54) is 0 Å². The summed E-state index contributed by atoms with van der Waals surface area (Å²) in [6.07, 6.45) is 1.47. The highest BCUT2D eigenvalue weighted by Gasteiger charge is 2.28. The van der Waals surface area contributed by atoms with Gasteiger partial charge in [-0.05, 0) is 6.42 Å². The number of aromatic nitrogens is 3. The van der Waals surface area contributed by atoms with E-state index in [0.29, 0.717) is 11.1 Å². The van der Waals surface area contributed by atoms with Crippen LogP contribution in [0.1, 0.15) is 24.4 Å². The first kappa shape index (κ1) is 14.7. The van der Waals surface area contributed by atoms with Crippen molar-refractivity contribution in [3.8, 4) is 5.69 Å². The van der Waals surface area contributed by atoms with Gasteiger partial charge in [-0.2, -0.15) is 0 Å². The quantitative estimate of drug-likeness (QED) is 0.375. The van der Waals surface area contributed by atoms with E-state index in [0.717, 1.165) is 6.20 Å². The van der Waals surface area contributed by atoms with Gasteiger partial charge in [0, 0.05) is 0 Å². The van der Waals surface area contributed by atoms with Crippen LogP contribution >= 0.6 is 11.6 Å². The van der Waals surface area contributed by atoms with Gasteiger partial charge in [-0.15, -0.1) is 16.7 Å². The summed E-state index contributed by atoms with van der Waals surface area (Å²) in [5.41, 5.74) is -1.03. The molecule has 1 aromatic carbocycles. The van der Waals surface area contributed by atoms with Crippen molar-refractivity contribution in [1.29, 1.82) is 0 Å². The first-order valence-corrected chi connectivity index (χ1v) is 5.90. The molecule has 1 unspecified atom stereocenters. The normalized spacial score (nSPS) is 12.8. The zero-order chi connectivity index (χ0) is 15.0. The Hall–Kier alpha value is -1.70. The molecule has 0 aliphatic heterocycles. The standard InChI is InChI=1S/C11H7ClF5N3/c1-2-4(12)5-3-20(19-18-5)11-9(16)7(14)6(13)8(15)10(11)17/h3-4H,2H2,1H3. The molecule has 1 heterocycles. The predicted octanol–water partition coefficient (Wildman–Crippen LogP) is 3.65. The van der Waals surface area contributed by atoms with Crippen molar-refractivity contribution in [2.75, 3.05) is 0 Å². The fraction of sp³-hybridized carbons (Fsp3) is 0.273. The van der Waals surface area contributed by atoms with E-state index < -0.39 is 40.2 Å². The fourth-order valence-electron chi connectivity index (χ4n) is 1.53. The zero-order valence-electron chi connectivity index (χ0n) is 9.97. The lowest BCUT2D eigenvalue weighted by molar-refractivity contribution is 0.373. The van der Waals surface area contributed by atoms with E-state index >= 15 is 0 Å². The van der Waals surface area contributed by atoms with Crippen LogP contribution in [0.3, 0.4) is 0 Å². The molecule has 0 aliphatic rings. The minimum atomic E-state index is -2.23. The molecule has 2 aromatic rings. The molecule has 3 nitrogen and oxygen atoms in total. The number of hydrogen-bond acceptors (Lipinski definition) is 2. The molecule has 2 rings (SSSR count). The highest BCUT2D eigenvalue weighted by molar-refractivity contribution is 6.20. The van der Waals surface area contributed by atoms with Crippen molar-refractivity contribution in [2.24, 2.45) is 0 Å². The molecule has 0 N–H and O–H groups in total. The Morgan fingerprint density at radius 1 is 1.05 bits per heavy atom. The molecule has 0 radical (unpaired) electrons. The van der Waals surface area contributed by atoms with Crippen LogP contribution in [-0.2, 0) is 0 Å². The minimum Gasteiger partial charge on any atom is -0.214 e. The average molecular weight is 312 g/mol. The van der Waals surface area contributed by atoms with Gasteiger partial charge in [0.15, 0.2) is 23.3 Å². The lowest BCUT2D eigenvalue weighted by Crippen LogP contribution is -2.10. The Morgan fingerprint density at radius 3 is 2.05 bits per heavy atom. The van der Waals surface area contributed by atoms with E-state index in [9.17, 15) is 22.0 Å².